The Balaban J connectivity index is 2.17. The largest absolute Gasteiger partial charge is 0.508 e. The number of rotatable bonds is 2. The quantitative estimate of drug-likeness (QED) is 0.645. The van der Waals surface area contributed by atoms with Crippen molar-refractivity contribution in [2.24, 2.45) is 4.99 Å². The molecule has 15 heavy (non-hydrogen) atoms. The lowest BCUT2D eigenvalue weighted by Gasteiger charge is -2.06. The molecular formula is C10H10N2O3. The van der Waals surface area contributed by atoms with Crippen LogP contribution in [-0.4, -0.2) is 34.6 Å². The third-order valence-electron chi connectivity index (χ3n) is 2.16. The van der Waals surface area contributed by atoms with Crippen LogP contribution >= 0.6 is 0 Å². The molecule has 1 unspecified atom stereocenters. The lowest BCUT2D eigenvalue weighted by Crippen LogP contribution is -2.37. The highest BCUT2D eigenvalue weighted by atomic mass is 16.4. The highest BCUT2D eigenvalue weighted by Crippen LogP contribution is 2.13. The number of hydrogen-bond acceptors (Lipinski definition) is 4. The Labute approximate surface area is 86.1 Å². The van der Waals surface area contributed by atoms with Gasteiger partial charge in [-0.2, -0.15) is 0 Å². The number of phenolic OH excluding ortho intramolecular Hbond substituents is 1. The minimum absolute atomic E-state index is 0.135. The van der Waals surface area contributed by atoms with Crippen LogP contribution in [0.1, 0.15) is 5.56 Å². The molecule has 1 heterocycles. The number of carbonyl (C=O) groups is 1. The number of hydrogen-bond donors (Lipinski definition) is 3. The van der Waals surface area contributed by atoms with Gasteiger partial charge in [-0.05, 0) is 12.1 Å². The van der Waals surface area contributed by atoms with E-state index in [1.807, 2.05) is 0 Å². The summed E-state index contributed by atoms with van der Waals surface area (Å²) in [5.74, 6) is -0.275. The highest BCUT2D eigenvalue weighted by molar-refractivity contribution is 6.02. The Morgan fingerprint density at radius 1 is 1.53 bits per heavy atom. The van der Waals surface area contributed by atoms with E-state index in [0.717, 1.165) is 0 Å². The number of nitrogens with zero attached hydrogens (tertiary/aromatic N) is 1. The first-order valence-corrected chi connectivity index (χ1v) is 4.50. The summed E-state index contributed by atoms with van der Waals surface area (Å²) in [6.07, 6.45) is 0. The Morgan fingerprint density at radius 3 is 2.93 bits per heavy atom. The number of nitrogens with one attached hydrogen (secondary N) is 1. The first-order valence-electron chi connectivity index (χ1n) is 4.50. The van der Waals surface area contributed by atoms with Gasteiger partial charge in [-0.15, -0.1) is 0 Å². The molecule has 5 nitrogen and oxygen atoms in total. The molecule has 78 valence electrons. The van der Waals surface area contributed by atoms with E-state index < -0.39 is 12.0 Å². The van der Waals surface area contributed by atoms with Gasteiger partial charge in [-0.3, -0.25) is 4.99 Å². The molecule has 0 spiro atoms. The summed E-state index contributed by atoms with van der Waals surface area (Å²) >= 11 is 0. The van der Waals surface area contributed by atoms with Crippen molar-refractivity contribution in [2.75, 3.05) is 6.54 Å². The van der Waals surface area contributed by atoms with Gasteiger partial charge >= 0.3 is 5.97 Å². The molecule has 1 aliphatic rings. The van der Waals surface area contributed by atoms with Crippen molar-refractivity contribution in [1.29, 1.82) is 0 Å². The van der Waals surface area contributed by atoms with Crippen molar-refractivity contribution in [2.45, 2.75) is 6.04 Å². The third-order valence-corrected chi connectivity index (χ3v) is 2.16. The summed E-state index contributed by atoms with van der Waals surface area (Å²) in [4.78, 5) is 14.7. The van der Waals surface area contributed by atoms with Crippen molar-refractivity contribution in [1.82, 2.24) is 5.32 Å². The molecule has 1 atom stereocenters. The van der Waals surface area contributed by atoms with E-state index >= 15 is 0 Å². The molecule has 0 bridgehead atoms. The monoisotopic (exact) mass is 206 g/mol. The second kappa shape index (κ2) is 3.61. The van der Waals surface area contributed by atoms with Gasteiger partial charge in [0.2, 0.25) is 0 Å². The van der Waals surface area contributed by atoms with Gasteiger partial charge in [0.25, 0.3) is 0 Å². The molecule has 3 N–H and O–H groups in total. The zero-order valence-corrected chi connectivity index (χ0v) is 7.84. The van der Waals surface area contributed by atoms with Crippen LogP contribution in [0, 0.1) is 0 Å². The standard InChI is InChI=1S/C10H10N2O3/c13-7-3-1-2-6(4-7)9-11-5-8(12-9)10(14)15/h1-4,8,13H,5H2,(H,11,12)(H,14,15). The molecule has 0 saturated carbocycles. The summed E-state index contributed by atoms with van der Waals surface area (Å²) < 4.78 is 0. The topological polar surface area (TPSA) is 81.9 Å². The number of amidine groups is 1. The second-order valence-electron chi connectivity index (χ2n) is 3.27. The van der Waals surface area contributed by atoms with Gasteiger partial charge in [-0.25, -0.2) is 4.79 Å². The Bertz CT molecular complexity index is 428. The second-order valence-corrected chi connectivity index (χ2v) is 3.27. The van der Waals surface area contributed by atoms with Crippen LogP contribution in [0.2, 0.25) is 0 Å². The number of carboxylic acid groups (broad SMARTS) is 1. The molecule has 2 rings (SSSR count). The number of aromatic hydroxyl groups is 1. The fourth-order valence-electron chi connectivity index (χ4n) is 1.41. The maximum atomic E-state index is 10.7. The minimum Gasteiger partial charge on any atom is -0.508 e. The lowest BCUT2D eigenvalue weighted by atomic mass is 10.2. The number of carboxylic acids is 1. The molecule has 5 heteroatoms. The summed E-state index contributed by atoms with van der Waals surface area (Å²) in [5, 5.41) is 20.8. The summed E-state index contributed by atoms with van der Waals surface area (Å²) in [7, 11) is 0. The first-order chi connectivity index (χ1) is 7.16. The molecule has 1 aliphatic heterocycles. The fourth-order valence-corrected chi connectivity index (χ4v) is 1.41. The van der Waals surface area contributed by atoms with Gasteiger partial charge in [0.05, 0.1) is 6.54 Å². The van der Waals surface area contributed by atoms with Crippen molar-refractivity contribution < 1.29 is 15.0 Å². The van der Waals surface area contributed by atoms with Crippen LogP contribution in [-0.2, 0) is 4.79 Å². The fraction of sp³-hybridized carbons (Fsp3) is 0.200. The van der Waals surface area contributed by atoms with Crippen LogP contribution in [0.3, 0.4) is 0 Å². The van der Waals surface area contributed by atoms with Gasteiger partial charge in [0.15, 0.2) is 0 Å². The summed E-state index contributed by atoms with van der Waals surface area (Å²) in [6, 6.07) is 5.87. The van der Waals surface area contributed by atoms with Crippen molar-refractivity contribution in [3.05, 3.63) is 29.8 Å². The van der Waals surface area contributed by atoms with Gasteiger partial charge in [0, 0.05) is 5.56 Å². The van der Waals surface area contributed by atoms with Crippen molar-refractivity contribution in [3.8, 4) is 5.75 Å². The van der Waals surface area contributed by atoms with Gasteiger partial charge in [-0.1, -0.05) is 12.1 Å². The Kier molecular flexibility index (Phi) is 2.29. The smallest absolute Gasteiger partial charge is 0.328 e. The Hall–Kier alpha value is -2.04. The van der Waals surface area contributed by atoms with Crippen LogP contribution in [0.4, 0.5) is 0 Å². The van der Waals surface area contributed by atoms with E-state index in [1.165, 1.54) is 6.07 Å². The Morgan fingerprint density at radius 2 is 2.33 bits per heavy atom. The predicted molar refractivity (Wildman–Crippen MR) is 54.1 cm³/mol. The van der Waals surface area contributed by atoms with E-state index in [0.29, 0.717) is 11.4 Å². The lowest BCUT2D eigenvalue weighted by molar-refractivity contribution is -0.138. The number of phenols is 1. The SMILES string of the molecule is O=C(O)C1CN=C(c2cccc(O)c2)N1. The maximum absolute atomic E-state index is 10.7. The molecule has 1 aromatic rings. The maximum Gasteiger partial charge on any atom is 0.328 e. The molecule has 0 radical (unpaired) electrons. The van der Waals surface area contributed by atoms with E-state index in [9.17, 15) is 9.90 Å². The van der Waals surface area contributed by atoms with Crippen LogP contribution in [0.5, 0.6) is 5.75 Å². The molecule has 0 aromatic heterocycles. The first kappa shape index (κ1) is 9.51. The van der Waals surface area contributed by atoms with Gasteiger partial charge in [0.1, 0.15) is 17.6 Å². The van der Waals surface area contributed by atoms with E-state index in [-0.39, 0.29) is 12.3 Å². The van der Waals surface area contributed by atoms with Crippen LogP contribution < -0.4 is 5.32 Å². The van der Waals surface area contributed by atoms with E-state index in [2.05, 4.69) is 10.3 Å². The van der Waals surface area contributed by atoms with Gasteiger partial charge < -0.3 is 15.5 Å². The molecule has 0 amide bonds. The molecule has 0 aliphatic carbocycles. The predicted octanol–water partition coefficient (Wildman–Crippen LogP) is 0.195. The van der Waals surface area contributed by atoms with Crippen molar-refractivity contribution >= 4 is 11.8 Å². The third kappa shape index (κ3) is 1.90. The number of benzene rings is 1. The highest BCUT2D eigenvalue weighted by Gasteiger charge is 2.24. The number of aliphatic imine (C=N–C) groups is 1. The summed E-state index contributed by atoms with van der Waals surface area (Å²) in [6.45, 7) is 0.223. The van der Waals surface area contributed by atoms with E-state index in [1.54, 1.807) is 18.2 Å². The molecule has 0 saturated heterocycles. The van der Waals surface area contributed by atoms with Crippen molar-refractivity contribution in [3.63, 3.8) is 0 Å². The van der Waals surface area contributed by atoms with Crippen LogP contribution in [0.15, 0.2) is 29.3 Å². The molecule has 1 aromatic carbocycles. The summed E-state index contributed by atoms with van der Waals surface area (Å²) in [5.41, 5.74) is 0.693. The average molecular weight is 206 g/mol. The number of aliphatic carboxylic acids is 1. The minimum atomic E-state index is -0.922. The zero-order chi connectivity index (χ0) is 10.8. The molecular weight excluding hydrogens is 196 g/mol. The normalized spacial score (nSPS) is 19.5. The zero-order valence-electron chi connectivity index (χ0n) is 7.84. The average Bonchev–Trinajstić information content (AvgIpc) is 2.66. The van der Waals surface area contributed by atoms with Crippen LogP contribution in [0.25, 0.3) is 0 Å². The molecule has 0 fully saturated rings. The van der Waals surface area contributed by atoms with E-state index in [4.69, 9.17) is 5.11 Å².